The molecule has 0 saturated carbocycles. The Kier molecular flexibility index (Phi) is 2.34. The largest absolute Gasteiger partial charge is 0.494 e. The third-order valence-electron chi connectivity index (χ3n) is 1.20. The van der Waals surface area contributed by atoms with Crippen LogP contribution in [0.1, 0.15) is 0 Å². The Bertz CT molecular complexity index is 275. The van der Waals surface area contributed by atoms with Gasteiger partial charge in [0.05, 0.1) is 7.11 Å². The second kappa shape index (κ2) is 3.09. The molecule has 1 nitrogen and oxygen atoms in total. The molecule has 11 heavy (non-hydrogen) atoms. The molecule has 0 saturated heterocycles. The van der Waals surface area contributed by atoms with Crippen LogP contribution < -0.4 is 4.74 Å². The molecule has 0 amide bonds. The molecule has 4 heteroatoms. The predicted molar refractivity (Wildman–Crippen MR) is 40.2 cm³/mol. The molecule has 0 N–H and O–H groups in total. The van der Waals surface area contributed by atoms with Gasteiger partial charge in [0.1, 0.15) is 0 Å². The molecule has 60 valence electrons. The second-order valence-corrected chi connectivity index (χ2v) is 2.46. The first kappa shape index (κ1) is 8.33. The molecule has 0 bridgehead atoms. The van der Waals surface area contributed by atoms with Crippen LogP contribution in [0.3, 0.4) is 0 Å². The van der Waals surface area contributed by atoms with Crippen molar-refractivity contribution in [3.63, 3.8) is 0 Å². The highest BCUT2D eigenvalue weighted by Crippen LogP contribution is 2.23. The Morgan fingerprint density at radius 1 is 1.36 bits per heavy atom. The van der Waals surface area contributed by atoms with E-state index < -0.39 is 11.6 Å². The van der Waals surface area contributed by atoms with E-state index in [4.69, 9.17) is 0 Å². The van der Waals surface area contributed by atoms with E-state index in [1.807, 2.05) is 0 Å². The van der Waals surface area contributed by atoms with Crippen LogP contribution in [0.25, 0.3) is 0 Å². The maximum absolute atomic E-state index is 12.6. The highest BCUT2D eigenvalue weighted by Gasteiger charge is 2.08. The van der Waals surface area contributed by atoms with Gasteiger partial charge in [-0.1, -0.05) is 0 Å². The maximum atomic E-state index is 12.6. The fourth-order valence-corrected chi connectivity index (χ4v) is 0.929. The summed E-state index contributed by atoms with van der Waals surface area (Å²) in [5.41, 5.74) is 0. The molecule has 1 aromatic rings. The lowest BCUT2D eigenvalue weighted by Crippen LogP contribution is -1.91. The van der Waals surface area contributed by atoms with Gasteiger partial charge in [0.2, 0.25) is 5.82 Å². The standard InChI is InChI=1S/C7H6F2OS/c1-10-6-3-4(11)2-5(8)7(6)9/h2-3,11H,1H3. The van der Waals surface area contributed by atoms with Crippen molar-refractivity contribution in [1.82, 2.24) is 0 Å². The quantitative estimate of drug-likeness (QED) is 0.646. The summed E-state index contributed by atoms with van der Waals surface area (Å²) in [5.74, 6) is -2.06. The van der Waals surface area contributed by atoms with Crippen LogP contribution in [-0.4, -0.2) is 7.11 Å². The fourth-order valence-electron chi connectivity index (χ4n) is 0.699. The predicted octanol–water partition coefficient (Wildman–Crippen LogP) is 2.26. The lowest BCUT2D eigenvalue weighted by molar-refractivity contribution is 0.370. The van der Waals surface area contributed by atoms with Gasteiger partial charge >= 0.3 is 0 Å². The van der Waals surface area contributed by atoms with Crippen LogP contribution in [0.2, 0.25) is 0 Å². The summed E-state index contributed by atoms with van der Waals surface area (Å²) >= 11 is 3.84. The third-order valence-corrected chi connectivity index (χ3v) is 1.46. The van der Waals surface area contributed by atoms with Gasteiger partial charge in [-0.15, -0.1) is 12.6 Å². The number of hydrogen-bond acceptors (Lipinski definition) is 2. The molecular formula is C7H6F2OS. The van der Waals surface area contributed by atoms with Crippen LogP contribution in [0.15, 0.2) is 17.0 Å². The van der Waals surface area contributed by atoms with Crippen molar-refractivity contribution >= 4 is 12.6 Å². The Balaban J connectivity index is 3.24. The first-order valence-corrected chi connectivity index (χ1v) is 3.32. The van der Waals surface area contributed by atoms with Gasteiger partial charge in [0.25, 0.3) is 0 Å². The van der Waals surface area contributed by atoms with Gasteiger partial charge in [0.15, 0.2) is 11.6 Å². The summed E-state index contributed by atoms with van der Waals surface area (Å²) in [7, 11) is 1.27. The van der Waals surface area contributed by atoms with Gasteiger partial charge in [-0.3, -0.25) is 0 Å². The zero-order valence-electron chi connectivity index (χ0n) is 5.77. The third kappa shape index (κ3) is 1.63. The Hall–Kier alpha value is -0.770. The van der Waals surface area contributed by atoms with Crippen molar-refractivity contribution in [2.75, 3.05) is 7.11 Å². The topological polar surface area (TPSA) is 9.23 Å². The van der Waals surface area contributed by atoms with Gasteiger partial charge in [0, 0.05) is 4.90 Å². The molecular weight excluding hydrogens is 170 g/mol. The number of methoxy groups -OCH3 is 1. The lowest BCUT2D eigenvalue weighted by atomic mass is 10.3. The highest BCUT2D eigenvalue weighted by atomic mass is 32.1. The number of thiol groups is 1. The molecule has 0 radical (unpaired) electrons. The SMILES string of the molecule is COc1cc(S)cc(F)c1F. The minimum Gasteiger partial charge on any atom is -0.494 e. The van der Waals surface area contributed by atoms with Crippen LogP contribution in [-0.2, 0) is 0 Å². The van der Waals surface area contributed by atoms with E-state index in [0.29, 0.717) is 4.90 Å². The molecule has 0 fully saturated rings. The van der Waals surface area contributed by atoms with Crippen molar-refractivity contribution in [2.45, 2.75) is 4.90 Å². The van der Waals surface area contributed by atoms with Gasteiger partial charge in [-0.25, -0.2) is 4.39 Å². The molecule has 0 aliphatic rings. The molecule has 0 unspecified atom stereocenters. The summed E-state index contributed by atoms with van der Waals surface area (Å²) < 4.78 is 29.7. The minimum absolute atomic E-state index is 0.130. The Morgan fingerprint density at radius 3 is 2.55 bits per heavy atom. The van der Waals surface area contributed by atoms with E-state index in [0.717, 1.165) is 6.07 Å². The van der Waals surface area contributed by atoms with E-state index in [1.54, 1.807) is 0 Å². The minimum atomic E-state index is -0.981. The van der Waals surface area contributed by atoms with E-state index in [2.05, 4.69) is 17.4 Å². The highest BCUT2D eigenvalue weighted by molar-refractivity contribution is 7.80. The van der Waals surface area contributed by atoms with Crippen molar-refractivity contribution in [2.24, 2.45) is 0 Å². The van der Waals surface area contributed by atoms with Gasteiger partial charge in [-0.2, -0.15) is 4.39 Å². The van der Waals surface area contributed by atoms with Crippen LogP contribution in [0.5, 0.6) is 5.75 Å². The molecule has 0 aromatic heterocycles. The molecule has 1 rings (SSSR count). The molecule has 0 spiro atoms. The fraction of sp³-hybridized carbons (Fsp3) is 0.143. The molecule has 0 aliphatic heterocycles. The van der Waals surface area contributed by atoms with E-state index in [9.17, 15) is 8.78 Å². The van der Waals surface area contributed by atoms with Crippen molar-refractivity contribution in [3.8, 4) is 5.75 Å². The van der Waals surface area contributed by atoms with Crippen molar-refractivity contribution in [1.29, 1.82) is 0 Å². The average molecular weight is 176 g/mol. The summed E-state index contributed by atoms with van der Waals surface area (Å²) in [6.07, 6.45) is 0. The van der Waals surface area contributed by atoms with Crippen LogP contribution >= 0.6 is 12.6 Å². The molecule has 0 aliphatic carbocycles. The Morgan fingerprint density at radius 2 is 2.00 bits per heavy atom. The molecule has 0 atom stereocenters. The van der Waals surface area contributed by atoms with Gasteiger partial charge < -0.3 is 4.74 Å². The van der Waals surface area contributed by atoms with E-state index in [1.165, 1.54) is 13.2 Å². The maximum Gasteiger partial charge on any atom is 0.200 e. The second-order valence-electron chi connectivity index (χ2n) is 1.94. The van der Waals surface area contributed by atoms with Crippen molar-refractivity contribution < 1.29 is 13.5 Å². The zero-order valence-corrected chi connectivity index (χ0v) is 6.66. The van der Waals surface area contributed by atoms with Crippen molar-refractivity contribution in [3.05, 3.63) is 23.8 Å². The molecule has 1 aromatic carbocycles. The monoisotopic (exact) mass is 176 g/mol. The Labute approximate surface area is 68.4 Å². The lowest BCUT2D eigenvalue weighted by Gasteiger charge is -2.02. The summed E-state index contributed by atoms with van der Waals surface area (Å²) in [6, 6.07) is 2.29. The number of hydrogen-bond donors (Lipinski definition) is 1. The normalized spacial score (nSPS) is 9.82. The van der Waals surface area contributed by atoms with E-state index >= 15 is 0 Å². The van der Waals surface area contributed by atoms with Crippen LogP contribution in [0, 0.1) is 11.6 Å². The molecule has 0 heterocycles. The van der Waals surface area contributed by atoms with E-state index in [-0.39, 0.29) is 5.75 Å². The van der Waals surface area contributed by atoms with Crippen LogP contribution in [0.4, 0.5) is 8.78 Å². The smallest absolute Gasteiger partial charge is 0.200 e. The first-order chi connectivity index (χ1) is 5.15. The average Bonchev–Trinajstić information content (AvgIpc) is 1.96. The summed E-state index contributed by atoms with van der Waals surface area (Å²) in [5, 5.41) is 0. The summed E-state index contributed by atoms with van der Waals surface area (Å²) in [4.78, 5) is 0.334. The first-order valence-electron chi connectivity index (χ1n) is 2.87. The number of halogens is 2. The summed E-state index contributed by atoms with van der Waals surface area (Å²) in [6.45, 7) is 0. The van der Waals surface area contributed by atoms with Gasteiger partial charge in [-0.05, 0) is 12.1 Å². The number of ether oxygens (including phenoxy) is 1. The number of benzene rings is 1. The number of rotatable bonds is 1. The zero-order chi connectivity index (χ0) is 8.43.